The van der Waals surface area contributed by atoms with Gasteiger partial charge < -0.3 is 14.6 Å². The highest BCUT2D eigenvalue weighted by Crippen LogP contribution is 2.27. The van der Waals surface area contributed by atoms with Crippen LogP contribution in [0.4, 0.5) is 0 Å². The third kappa shape index (κ3) is 5.59. The molecule has 7 nitrogen and oxygen atoms in total. The summed E-state index contributed by atoms with van der Waals surface area (Å²) in [5.41, 5.74) is 2.14. The lowest BCUT2D eigenvalue weighted by atomic mass is 10.2. The van der Waals surface area contributed by atoms with Crippen molar-refractivity contribution in [2.24, 2.45) is 0 Å². The van der Waals surface area contributed by atoms with E-state index in [2.05, 4.69) is 15.5 Å². The second-order valence-electron chi connectivity index (χ2n) is 5.73. The first-order valence-corrected chi connectivity index (χ1v) is 9.44. The van der Waals surface area contributed by atoms with E-state index in [1.54, 1.807) is 18.3 Å². The minimum absolute atomic E-state index is 0.300. The molecule has 0 radical (unpaired) electrons. The number of hydrogen-bond donors (Lipinski definition) is 1. The molecule has 26 heavy (non-hydrogen) atoms. The van der Waals surface area contributed by atoms with Crippen LogP contribution in [0.3, 0.4) is 0 Å². The smallest absolute Gasteiger partial charge is 0.341 e. The molecule has 0 fully saturated rings. The van der Waals surface area contributed by atoms with E-state index in [0.29, 0.717) is 22.9 Å². The number of hydrogen-bond acceptors (Lipinski definition) is 7. The monoisotopic (exact) mass is 377 g/mol. The van der Waals surface area contributed by atoms with E-state index < -0.39 is 5.97 Å². The molecule has 2 rings (SSSR count). The van der Waals surface area contributed by atoms with Crippen LogP contribution in [0.1, 0.15) is 47.1 Å². The largest absolute Gasteiger partial charge is 0.452 e. The number of unbranched alkanes of at least 4 members (excludes halogenated alkanes) is 1. The number of amides is 1. The standard InChI is InChI=1S/C18H23N3O4S/c1-4-5-8-19-16(22)10-24-18(23)14-7-6-9-20-17(14)26-11-15-12(2)21-25-13(15)3/h6-7,9H,4-5,8,10-11H2,1-3H3,(H,19,22). The topological polar surface area (TPSA) is 94.3 Å². The second kappa shape index (κ2) is 9.96. The van der Waals surface area contributed by atoms with Crippen molar-refractivity contribution in [2.75, 3.05) is 13.2 Å². The van der Waals surface area contributed by atoms with Gasteiger partial charge in [-0.25, -0.2) is 9.78 Å². The van der Waals surface area contributed by atoms with E-state index >= 15 is 0 Å². The lowest BCUT2D eigenvalue weighted by molar-refractivity contribution is -0.124. The number of pyridine rings is 1. The molecule has 0 saturated carbocycles. The molecular formula is C18H23N3O4S. The number of ether oxygens (including phenoxy) is 1. The molecule has 0 spiro atoms. The highest BCUT2D eigenvalue weighted by atomic mass is 32.2. The van der Waals surface area contributed by atoms with Crippen molar-refractivity contribution in [2.45, 2.75) is 44.4 Å². The predicted molar refractivity (Wildman–Crippen MR) is 98.0 cm³/mol. The summed E-state index contributed by atoms with van der Waals surface area (Å²) in [6.07, 6.45) is 3.50. The molecule has 0 aliphatic carbocycles. The van der Waals surface area contributed by atoms with Crippen LogP contribution in [0.5, 0.6) is 0 Å². The molecule has 2 heterocycles. The summed E-state index contributed by atoms with van der Waals surface area (Å²) in [4.78, 5) is 28.2. The summed E-state index contributed by atoms with van der Waals surface area (Å²) in [5.74, 6) is 0.458. The van der Waals surface area contributed by atoms with Gasteiger partial charge in [0, 0.05) is 24.1 Å². The molecule has 0 unspecified atom stereocenters. The second-order valence-corrected chi connectivity index (χ2v) is 6.69. The van der Waals surface area contributed by atoms with Crippen LogP contribution in [0.2, 0.25) is 0 Å². The number of nitrogens with zero attached hydrogens (tertiary/aromatic N) is 2. The fraction of sp³-hybridized carbons (Fsp3) is 0.444. The van der Waals surface area contributed by atoms with Crippen LogP contribution in [0, 0.1) is 13.8 Å². The molecule has 1 N–H and O–H groups in total. The van der Waals surface area contributed by atoms with E-state index in [4.69, 9.17) is 9.26 Å². The summed E-state index contributed by atoms with van der Waals surface area (Å²) in [5, 5.41) is 7.17. The number of thioether (sulfide) groups is 1. The van der Waals surface area contributed by atoms with Crippen molar-refractivity contribution >= 4 is 23.6 Å². The van der Waals surface area contributed by atoms with Gasteiger partial charge in [-0.15, -0.1) is 11.8 Å². The average molecular weight is 377 g/mol. The zero-order valence-corrected chi connectivity index (χ0v) is 16.0. The number of aromatic nitrogens is 2. The van der Waals surface area contributed by atoms with Gasteiger partial charge >= 0.3 is 5.97 Å². The van der Waals surface area contributed by atoms with Gasteiger partial charge in [-0.1, -0.05) is 18.5 Å². The minimum Gasteiger partial charge on any atom is -0.452 e. The molecule has 0 atom stereocenters. The number of nitrogens with one attached hydrogen (secondary N) is 1. The average Bonchev–Trinajstić information content (AvgIpc) is 2.96. The Bertz CT molecular complexity index is 741. The van der Waals surface area contributed by atoms with Crippen molar-refractivity contribution in [3.05, 3.63) is 40.9 Å². The molecule has 2 aromatic rings. The fourth-order valence-corrected chi connectivity index (χ4v) is 3.31. The van der Waals surface area contributed by atoms with E-state index in [0.717, 1.165) is 29.9 Å². The Kier molecular flexibility index (Phi) is 7.65. The highest BCUT2D eigenvalue weighted by Gasteiger charge is 2.17. The van der Waals surface area contributed by atoms with Gasteiger partial charge in [0.2, 0.25) is 0 Å². The zero-order valence-electron chi connectivity index (χ0n) is 15.2. The quantitative estimate of drug-likeness (QED) is 0.408. The molecule has 8 heteroatoms. The first kappa shape index (κ1) is 20.0. The molecule has 0 aromatic carbocycles. The molecule has 0 bridgehead atoms. The number of rotatable bonds is 9. The first-order valence-electron chi connectivity index (χ1n) is 8.46. The maximum Gasteiger partial charge on any atom is 0.341 e. The van der Waals surface area contributed by atoms with Crippen molar-refractivity contribution in [3.63, 3.8) is 0 Å². The molecule has 1 amide bonds. The van der Waals surface area contributed by atoms with Crippen molar-refractivity contribution in [1.29, 1.82) is 0 Å². The maximum absolute atomic E-state index is 12.3. The van der Waals surface area contributed by atoms with Gasteiger partial charge in [0.1, 0.15) is 10.8 Å². The number of esters is 1. The Morgan fingerprint density at radius 3 is 2.85 bits per heavy atom. The molecule has 0 saturated heterocycles. The molecule has 140 valence electrons. The van der Waals surface area contributed by atoms with Gasteiger partial charge in [-0.05, 0) is 32.4 Å². The lowest BCUT2D eigenvalue weighted by Crippen LogP contribution is -2.29. The minimum atomic E-state index is -0.565. The maximum atomic E-state index is 12.3. The summed E-state index contributed by atoms with van der Waals surface area (Å²) in [6.45, 7) is 6.04. The van der Waals surface area contributed by atoms with Crippen LogP contribution in [-0.4, -0.2) is 35.2 Å². The highest BCUT2D eigenvalue weighted by molar-refractivity contribution is 7.98. The number of aryl methyl sites for hydroxylation is 2. The van der Waals surface area contributed by atoms with Crippen LogP contribution >= 0.6 is 11.8 Å². The van der Waals surface area contributed by atoms with E-state index in [-0.39, 0.29) is 12.5 Å². The van der Waals surface area contributed by atoms with Gasteiger partial charge in [-0.2, -0.15) is 0 Å². The SMILES string of the molecule is CCCCNC(=O)COC(=O)c1cccnc1SCc1c(C)noc1C. The summed E-state index contributed by atoms with van der Waals surface area (Å²) in [7, 11) is 0. The Labute approximate surface area is 156 Å². The summed E-state index contributed by atoms with van der Waals surface area (Å²) >= 11 is 1.40. The van der Waals surface area contributed by atoms with Crippen molar-refractivity contribution in [3.8, 4) is 0 Å². The van der Waals surface area contributed by atoms with E-state index in [1.807, 2.05) is 20.8 Å². The van der Waals surface area contributed by atoms with E-state index in [1.165, 1.54) is 11.8 Å². The Balaban J connectivity index is 1.95. The van der Waals surface area contributed by atoms with Crippen molar-refractivity contribution in [1.82, 2.24) is 15.5 Å². The van der Waals surface area contributed by atoms with E-state index in [9.17, 15) is 9.59 Å². The molecule has 0 aliphatic rings. The number of carbonyl (C=O) groups excluding carboxylic acids is 2. The fourth-order valence-electron chi connectivity index (χ4n) is 2.17. The third-order valence-corrected chi connectivity index (χ3v) is 4.74. The van der Waals surface area contributed by atoms with Gasteiger partial charge in [0.05, 0.1) is 11.3 Å². The Morgan fingerprint density at radius 2 is 2.15 bits per heavy atom. The molecule has 2 aromatic heterocycles. The van der Waals surface area contributed by atoms with Gasteiger partial charge in [0.25, 0.3) is 5.91 Å². The first-order chi connectivity index (χ1) is 12.5. The molecule has 0 aliphatic heterocycles. The predicted octanol–water partition coefficient (Wildman–Crippen LogP) is 3.05. The van der Waals surface area contributed by atoms with Crippen molar-refractivity contribution < 1.29 is 18.8 Å². The zero-order chi connectivity index (χ0) is 18.9. The van der Waals surface area contributed by atoms with Crippen LogP contribution in [0.15, 0.2) is 27.9 Å². The lowest BCUT2D eigenvalue weighted by Gasteiger charge is -2.09. The van der Waals surface area contributed by atoms with Crippen LogP contribution in [-0.2, 0) is 15.3 Å². The Morgan fingerprint density at radius 1 is 1.35 bits per heavy atom. The van der Waals surface area contributed by atoms with Gasteiger partial charge in [-0.3, -0.25) is 4.79 Å². The summed E-state index contributed by atoms with van der Waals surface area (Å²) in [6, 6.07) is 3.30. The number of carbonyl (C=O) groups is 2. The van der Waals surface area contributed by atoms with Crippen LogP contribution in [0.25, 0.3) is 0 Å². The Hall–Kier alpha value is -2.35. The van der Waals surface area contributed by atoms with Crippen LogP contribution < -0.4 is 5.32 Å². The molecular weight excluding hydrogens is 354 g/mol. The normalized spacial score (nSPS) is 10.6. The third-order valence-electron chi connectivity index (χ3n) is 3.71. The van der Waals surface area contributed by atoms with Gasteiger partial charge in [0.15, 0.2) is 6.61 Å². The summed E-state index contributed by atoms with van der Waals surface area (Å²) < 4.78 is 10.3.